The maximum atomic E-state index is 13.5. The molecular formula is C26H18Cl5F3N2O. The molecule has 2 N–H and O–H groups in total. The highest BCUT2D eigenvalue weighted by atomic mass is 35.5. The zero-order valence-electron chi connectivity index (χ0n) is 19.0. The quantitative estimate of drug-likeness (QED) is 0.274. The number of halogens is 8. The average Bonchev–Trinajstić information content (AvgIpc) is 3.37. The number of alkyl halides is 5. The monoisotopic (exact) mass is 606 g/mol. The molecule has 1 fully saturated rings. The van der Waals surface area contributed by atoms with E-state index in [0.29, 0.717) is 27.0 Å². The summed E-state index contributed by atoms with van der Waals surface area (Å²) >= 11 is 31.5. The maximum absolute atomic E-state index is 13.5. The first kappa shape index (κ1) is 27.9. The van der Waals surface area contributed by atoms with Gasteiger partial charge >= 0.3 is 6.18 Å². The number of aryl methyl sites for hydroxylation is 1. The van der Waals surface area contributed by atoms with Crippen LogP contribution in [0.2, 0.25) is 15.1 Å². The normalized spacial score (nSPS) is 18.3. The third-order valence-corrected chi connectivity index (χ3v) is 7.62. The van der Waals surface area contributed by atoms with Crippen LogP contribution in [0.15, 0.2) is 66.9 Å². The van der Waals surface area contributed by atoms with Crippen LogP contribution in [0.4, 0.5) is 24.5 Å². The Labute approximate surface area is 236 Å². The van der Waals surface area contributed by atoms with Gasteiger partial charge in [-0.25, -0.2) is 0 Å². The van der Waals surface area contributed by atoms with Gasteiger partial charge in [-0.3, -0.25) is 4.79 Å². The number of benzene rings is 3. The molecule has 1 aliphatic rings. The molecule has 0 aliphatic heterocycles. The van der Waals surface area contributed by atoms with Crippen molar-refractivity contribution in [3.63, 3.8) is 0 Å². The Morgan fingerprint density at radius 2 is 1.59 bits per heavy atom. The summed E-state index contributed by atoms with van der Waals surface area (Å²) in [6.45, 7) is 5.56. The minimum Gasteiger partial charge on any atom is -0.359 e. The topological polar surface area (TPSA) is 41.1 Å². The van der Waals surface area contributed by atoms with E-state index < -0.39 is 27.9 Å². The molecule has 1 amide bonds. The summed E-state index contributed by atoms with van der Waals surface area (Å²) in [5, 5.41) is 6.30. The molecule has 2 unspecified atom stereocenters. The molecule has 37 heavy (non-hydrogen) atoms. The van der Waals surface area contributed by atoms with Gasteiger partial charge in [-0.05, 0) is 61.0 Å². The molecular weight excluding hydrogens is 591 g/mol. The third-order valence-electron chi connectivity index (χ3n) is 5.92. The molecule has 0 saturated heterocycles. The van der Waals surface area contributed by atoms with E-state index in [1.165, 1.54) is 31.2 Å². The molecule has 0 radical (unpaired) electrons. The number of anilines is 2. The van der Waals surface area contributed by atoms with Crippen LogP contribution in [0.25, 0.3) is 0 Å². The van der Waals surface area contributed by atoms with E-state index in [1.54, 1.807) is 24.3 Å². The number of carbonyl (C=O) groups is 1. The molecule has 0 heterocycles. The summed E-state index contributed by atoms with van der Waals surface area (Å²) in [6.07, 6.45) is -4.65. The highest BCUT2D eigenvalue weighted by molar-refractivity contribution is 6.52. The molecule has 194 valence electrons. The second-order valence-corrected chi connectivity index (χ2v) is 11.4. The summed E-state index contributed by atoms with van der Waals surface area (Å²) < 4.78 is 39.3. The van der Waals surface area contributed by atoms with Crippen LogP contribution in [0.3, 0.4) is 0 Å². The summed E-state index contributed by atoms with van der Waals surface area (Å²) in [6, 6.07) is 13.1. The van der Waals surface area contributed by atoms with Crippen molar-refractivity contribution in [3.05, 3.63) is 104 Å². The van der Waals surface area contributed by atoms with Crippen molar-refractivity contribution in [2.45, 2.75) is 23.4 Å². The molecule has 0 bridgehead atoms. The standard InChI is InChI=1S/C26H18Cl5F3N2O/c1-12-3-6-21(19(7-12)26(32,33)34)36-24(37)18-11-17(4-5-20(18)29)35-13(2)22-23(25(22,30)31)14-8-15(27)10-16(28)9-14/h3-11,22-23,35H,2H2,1H3,(H,36,37). The number of hydrogen-bond donors (Lipinski definition) is 2. The number of carbonyl (C=O) groups excluding carboxylic acids is 1. The highest BCUT2D eigenvalue weighted by Crippen LogP contribution is 2.67. The first-order valence-electron chi connectivity index (χ1n) is 10.8. The Morgan fingerprint density at radius 1 is 0.946 bits per heavy atom. The van der Waals surface area contributed by atoms with Crippen molar-refractivity contribution in [2.75, 3.05) is 10.6 Å². The van der Waals surface area contributed by atoms with E-state index in [1.807, 2.05) is 0 Å². The van der Waals surface area contributed by atoms with Crippen LogP contribution in [0.5, 0.6) is 0 Å². The van der Waals surface area contributed by atoms with E-state index in [2.05, 4.69) is 17.2 Å². The van der Waals surface area contributed by atoms with Crippen LogP contribution >= 0.6 is 58.0 Å². The first-order chi connectivity index (χ1) is 17.2. The van der Waals surface area contributed by atoms with E-state index >= 15 is 0 Å². The lowest BCUT2D eigenvalue weighted by molar-refractivity contribution is -0.136. The molecule has 3 aromatic carbocycles. The van der Waals surface area contributed by atoms with Crippen LogP contribution in [0.1, 0.15) is 33.0 Å². The zero-order chi connectivity index (χ0) is 27.3. The second kappa shape index (κ2) is 10.2. The van der Waals surface area contributed by atoms with Gasteiger partial charge in [0, 0.05) is 33.3 Å². The number of amides is 1. The molecule has 0 spiro atoms. The summed E-state index contributed by atoms with van der Waals surface area (Å²) in [7, 11) is 0. The predicted molar refractivity (Wildman–Crippen MR) is 145 cm³/mol. The molecule has 0 aromatic heterocycles. The van der Waals surface area contributed by atoms with Crippen LogP contribution < -0.4 is 10.6 Å². The lowest BCUT2D eigenvalue weighted by Gasteiger charge is -2.16. The molecule has 11 heteroatoms. The molecule has 4 rings (SSSR count). The van der Waals surface area contributed by atoms with E-state index in [-0.39, 0.29) is 22.2 Å². The molecule has 1 aliphatic carbocycles. The van der Waals surface area contributed by atoms with Crippen molar-refractivity contribution in [2.24, 2.45) is 5.92 Å². The fraction of sp³-hybridized carbons (Fsp3) is 0.192. The SMILES string of the molecule is C=C(Nc1ccc(Cl)c(C(=O)Nc2ccc(C)cc2C(F)(F)F)c1)C1C(c2cc(Cl)cc(Cl)c2)C1(Cl)Cl. The van der Waals surface area contributed by atoms with Crippen LogP contribution in [-0.2, 0) is 6.18 Å². The van der Waals surface area contributed by atoms with Crippen LogP contribution in [0, 0.1) is 12.8 Å². The number of hydrogen-bond acceptors (Lipinski definition) is 2. The lowest BCUT2D eigenvalue weighted by atomic mass is 10.1. The van der Waals surface area contributed by atoms with Gasteiger partial charge in [0.1, 0.15) is 4.33 Å². The van der Waals surface area contributed by atoms with Crippen molar-refractivity contribution in [1.29, 1.82) is 0 Å². The van der Waals surface area contributed by atoms with E-state index in [9.17, 15) is 18.0 Å². The fourth-order valence-electron chi connectivity index (χ4n) is 4.16. The van der Waals surface area contributed by atoms with Crippen molar-refractivity contribution in [1.82, 2.24) is 0 Å². The Bertz CT molecular complexity index is 1390. The summed E-state index contributed by atoms with van der Waals surface area (Å²) in [5.41, 5.74) is 0.644. The summed E-state index contributed by atoms with van der Waals surface area (Å²) in [5.74, 6) is -1.57. The van der Waals surface area contributed by atoms with Gasteiger partial charge in [-0.15, -0.1) is 23.2 Å². The van der Waals surface area contributed by atoms with Gasteiger partial charge in [0.05, 0.1) is 21.8 Å². The van der Waals surface area contributed by atoms with Crippen LogP contribution in [-0.4, -0.2) is 10.2 Å². The predicted octanol–water partition coefficient (Wildman–Crippen LogP) is 9.74. The Hall–Kier alpha value is -2.09. The third kappa shape index (κ3) is 5.99. The second-order valence-electron chi connectivity index (χ2n) is 8.68. The van der Waals surface area contributed by atoms with Gasteiger partial charge < -0.3 is 10.6 Å². The van der Waals surface area contributed by atoms with Gasteiger partial charge in [-0.1, -0.05) is 53.0 Å². The van der Waals surface area contributed by atoms with E-state index in [4.69, 9.17) is 58.0 Å². The molecule has 1 saturated carbocycles. The fourth-order valence-corrected chi connectivity index (χ4v) is 5.80. The first-order valence-corrected chi connectivity index (χ1v) is 12.7. The minimum absolute atomic E-state index is 0.0369. The zero-order valence-corrected chi connectivity index (χ0v) is 22.8. The van der Waals surface area contributed by atoms with Gasteiger partial charge in [0.15, 0.2) is 0 Å². The minimum atomic E-state index is -4.65. The number of allylic oxidation sites excluding steroid dienone is 1. The highest BCUT2D eigenvalue weighted by Gasteiger charge is 2.65. The lowest BCUT2D eigenvalue weighted by Crippen LogP contribution is -2.17. The molecule has 3 aromatic rings. The number of rotatable bonds is 6. The smallest absolute Gasteiger partial charge is 0.359 e. The Kier molecular flexibility index (Phi) is 7.72. The van der Waals surface area contributed by atoms with Crippen molar-refractivity contribution in [3.8, 4) is 0 Å². The van der Waals surface area contributed by atoms with Crippen molar-refractivity contribution < 1.29 is 18.0 Å². The van der Waals surface area contributed by atoms with Crippen molar-refractivity contribution >= 4 is 75.3 Å². The Balaban J connectivity index is 1.54. The van der Waals surface area contributed by atoms with Gasteiger partial charge in [-0.2, -0.15) is 13.2 Å². The summed E-state index contributed by atoms with van der Waals surface area (Å²) in [4.78, 5) is 12.9. The molecule has 3 nitrogen and oxygen atoms in total. The Morgan fingerprint density at radius 3 is 2.22 bits per heavy atom. The van der Waals surface area contributed by atoms with Gasteiger partial charge in [0.2, 0.25) is 0 Å². The average molecular weight is 609 g/mol. The van der Waals surface area contributed by atoms with Gasteiger partial charge in [0.25, 0.3) is 5.91 Å². The van der Waals surface area contributed by atoms with E-state index in [0.717, 1.165) is 11.6 Å². The largest absolute Gasteiger partial charge is 0.418 e. The molecule has 2 atom stereocenters. The number of nitrogens with one attached hydrogen (secondary N) is 2. The maximum Gasteiger partial charge on any atom is 0.418 e.